The number of rotatable bonds is 5. The van der Waals surface area contributed by atoms with Crippen LogP contribution in [0.3, 0.4) is 0 Å². The molecular formula is C15H17NO2. The SMILES string of the molecule is CC(C(=O)c1ccccc1)N(C)Cc1ccoc1. The molecule has 0 aliphatic rings. The van der Waals surface area contributed by atoms with E-state index >= 15 is 0 Å². The number of benzene rings is 1. The number of carbonyl (C=O) groups is 1. The Labute approximate surface area is 107 Å². The summed E-state index contributed by atoms with van der Waals surface area (Å²) in [6, 6.07) is 11.1. The van der Waals surface area contributed by atoms with Crippen LogP contribution in [0.2, 0.25) is 0 Å². The summed E-state index contributed by atoms with van der Waals surface area (Å²) in [7, 11) is 1.94. The standard InChI is InChI=1S/C15H17NO2/c1-12(15(17)14-6-4-3-5-7-14)16(2)10-13-8-9-18-11-13/h3-9,11-12H,10H2,1-2H3. The van der Waals surface area contributed by atoms with Gasteiger partial charge in [-0.05, 0) is 20.0 Å². The lowest BCUT2D eigenvalue weighted by Crippen LogP contribution is -2.35. The van der Waals surface area contributed by atoms with Crippen molar-refractivity contribution in [3.05, 3.63) is 60.1 Å². The summed E-state index contributed by atoms with van der Waals surface area (Å²) in [4.78, 5) is 14.3. The maximum atomic E-state index is 12.2. The number of carbonyl (C=O) groups excluding carboxylic acids is 1. The van der Waals surface area contributed by atoms with Gasteiger partial charge < -0.3 is 4.42 Å². The van der Waals surface area contributed by atoms with E-state index in [2.05, 4.69) is 0 Å². The van der Waals surface area contributed by atoms with Crippen molar-refractivity contribution >= 4 is 5.78 Å². The molecule has 0 aliphatic heterocycles. The highest BCUT2D eigenvalue weighted by Gasteiger charge is 2.19. The Balaban J connectivity index is 2.02. The molecular weight excluding hydrogens is 226 g/mol. The average Bonchev–Trinajstić information content (AvgIpc) is 2.91. The van der Waals surface area contributed by atoms with Crippen LogP contribution in [0.4, 0.5) is 0 Å². The molecule has 0 amide bonds. The molecule has 1 aromatic carbocycles. The van der Waals surface area contributed by atoms with E-state index in [4.69, 9.17) is 4.42 Å². The number of likely N-dealkylation sites (N-methyl/N-ethyl adjacent to an activating group) is 1. The first kappa shape index (κ1) is 12.6. The van der Waals surface area contributed by atoms with Gasteiger partial charge in [0.25, 0.3) is 0 Å². The van der Waals surface area contributed by atoms with Crippen molar-refractivity contribution in [2.75, 3.05) is 7.05 Å². The first-order valence-corrected chi connectivity index (χ1v) is 5.99. The Bertz CT molecular complexity index is 490. The minimum Gasteiger partial charge on any atom is -0.472 e. The molecule has 1 atom stereocenters. The molecule has 0 saturated heterocycles. The van der Waals surface area contributed by atoms with Gasteiger partial charge in [0.15, 0.2) is 5.78 Å². The van der Waals surface area contributed by atoms with Crippen molar-refractivity contribution in [3.8, 4) is 0 Å². The van der Waals surface area contributed by atoms with Gasteiger partial charge in [0, 0.05) is 17.7 Å². The average molecular weight is 243 g/mol. The molecule has 0 bridgehead atoms. The zero-order valence-electron chi connectivity index (χ0n) is 10.7. The number of nitrogens with zero attached hydrogens (tertiary/aromatic N) is 1. The Morgan fingerprint density at radius 3 is 2.61 bits per heavy atom. The first-order chi connectivity index (χ1) is 8.68. The number of ketones is 1. The lowest BCUT2D eigenvalue weighted by molar-refractivity contribution is 0.0862. The number of furan rings is 1. The largest absolute Gasteiger partial charge is 0.472 e. The van der Waals surface area contributed by atoms with E-state index in [1.54, 1.807) is 12.5 Å². The van der Waals surface area contributed by atoms with Gasteiger partial charge in [-0.15, -0.1) is 0 Å². The van der Waals surface area contributed by atoms with Crippen LogP contribution in [0, 0.1) is 0 Å². The predicted molar refractivity (Wildman–Crippen MR) is 70.4 cm³/mol. The van der Waals surface area contributed by atoms with Crippen molar-refractivity contribution in [2.24, 2.45) is 0 Å². The van der Waals surface area contributed by atoms with Gasteiger partial charge in [0.1, 0.15) is 0 Å². The molecule has 18 heavy (non-hydrogen) atoms. The molecule has 1 unspecified atom stereocenters. The predicted octanol–water partition coefficient (Wildman–Crippen LogP) is 2.98. The molecule has 1 aromatic heterocycles. The highest BCUT2D eigenvalue weighted by Crippen LogP contribution is 2.11. The number of Topliss-reactive ketones (excluding diaryl/α,β-unsaturated/α-hetero) is 1. The molecule has 0 radical (unpaired) electrons. The second-order valence-electron chi connectivity index (χ2n) is 4.45. The Morgan fingerprint density at radius 2 is 2.00 bits per heavy atom. The molecule has 0 spiro atoms. The van der Waals surface area contributed by atoms with Gasteiger partial charge in [0.2, 0.25) is 0 Å². The minimum atomic E-state index is -0.151. The first-order valence-electron chi connectivity index (χ1n) is 5.99. The fourth-order valence-corrected chi connectivity index (χ4v) is 1.85. The van der Waals surface area contributed by atoms with Crippen LogP contribution in [0.15, 0.2) is 53.3 Å². The molecule has 3 nitrogen and oxygen atoms in total. The van der Waals surface area contributed by atoms with Crippen LogP contribution in [-0.4, -0.2) is 23.8 Å². The molecule has 2 aromatic rings. The summed E-state index contributed by atoms with van der Waals surface area (Å²) in [6.45, 7) is 2.63. The zero-order chi connectivity index (χ0) is 13.0. The normalized spacial score (nSPS) is 12.6. The van der Waals surface area contributed by atoms with E-state index < -0.39 is 0 Å². The number of hydrogen-bond donors (Lipinski definition) is 0. The van der Waals surface area contributed by atoms with Crippen molar-refractivity contribution in [1.29, 1.82) is 0 Å². The van der Waals surface area contributed by atoms with E-state index in [0.717, 1.165) is 11.1 Å². The lowest BCUT2D eigenvalue weighted by atomic mass is 10.0. The van der Waals surface area contributed by atoms with Crippen molar-refractivity contribution < 1.29 is 9.21 Å². The Morgan fingerprint density at radius 1 is 1.28 bits per heavy atom. The molecule has 0 aliphatic carbocycles. The van der Waals surface area contributed by atoms with Gasteiger partial charge >= 0.3 is 0 Å². The maximum absolute atomic E-state index is 12.2. The molecule has 0 fully saturated rings. The lowest BCUT2D eigenvalue weighted by Gasteiger charge is -2.22. The summed E-state index contributed by atoms with van der Waals surface area (Å²) in [6.07, 6.45) is 3.35. The van der Waals surface area contributed by atoms with Gasteiger partial charge in [-0.25, -0.2) is 0 Å². The summed E-state index contributed by atoms with van der Waals surface area (Å²) in [5.41, 5.74) is 1.83. The maximum Gasteiger partial charge on any atom is 0.179 e. The van der Waals surface area contributed by atoms with Crippen LogP contribution in [0.25, 0.3) is 0 Å². The van der Waals surface area contributed by atoms with Gasteiger partial charge in [-0.1, -0.05) is 30.3 Å². The minimum absolute atomic E-state index is 0.140. The molecule has 0 N–H and O–H groups in total. The van der Waals surface area contributed by atoms with Crippen molar-refractivity contribution in [2.45, 2.75) is 19.5 Å². The molecule has 0 saturated carbocycles. The van der Waals surface area contributed by atoms with E-state index in [1.165, 1.54) is 0 Å². The van der Waals surface area contributed by atoms with E-state index in [9.17, 15) is 4.79 Å². The van der Waals surface area contributed by atoms with Crippen LogP contribution < -0.4 is 0 Å². The van der Waals surface area contributed by atoms with Crippen LogP contribution >= 0.6 is 0 Å². The third-order valence-electron chi connectivity index (χ3n) is 3.11. The topological polar surface area (TPSA) is 33.5 Å². The van der Waals surface area contributed by atoms with E-state index in [1.807, 2.05) is 55.3 Å². The van der Waals surface area contributed by atoms with E-state index in [-0.39, 0.29) is 11.8 Å². The molecule has 3 heteroatoms. The van der Waals surface area contributed by atoms with E-state index in [0.29, 0.717) is 6.54 Å². The van der Waals surface area contributed by atoms with Crippen molar-refractivity contribution in [1.82, 2.24) is 4.90 Å². The molecule has 1 heterocycles. The highest BCUT2D eigenvalue weighted by atomic mass is 16.3. The van der Waals surface area contributed by atoms with Crippen molar-refractivity contribution in [3.63, 3.8) is 0 Å². The fourth-order valence-electron chi connectivity index (χ4n) is 1.85. The van der Waals surface area contributed by atoms with Crippen LogP contribution in [0.5, 0.6) is 0 Å². The quantitative estimate of drug-likeness (QED) is 0.757. The van der Waals surface area contributed by atoms with Crippen LogP contribution in [-0.2, 0) is 6.54 Å². The van der Waals surface area contributed by atoms with Crippen LogP contribution in [0.1, 0.15) is 22.8 Å². The number of hydrogen-bond acceptors (Lipinski definition) is 3. The monoisotopic (exact) mass is 243 g/mol. The van der Waals surface area contributed by atoms with Gasteiger partial charge in [-0.2, -0.15) is 0 Å². The highest BCUT2D eigenvalue weighted by molar-refractivity contribution is 5.99. The molecule has 94 valence electrons. The second-order valence-corrected chi connectivity index (χ2v) is 4.45. The summed E-state index contributed by atoms with van der Waals surface area (Å²) < 4.78 is 5.03. The fraction of sp³-hybridized carbons (Fsp3) is 0.267. The summed E-state index contributed by atoms with van der Waals surface area (Å²) in [5, 5.41) is 0. The second kappa shape index (κ2) is 5.65. The Kier molecular flexibility index (Phi) is 3.95. The molecule has 2 rings (SSSR count). The Hall–Kier alpha value is -1.87. The smallest absolute Gasteiger partial charge is 0.179 e. The van der Waals surface area contributed by atoms with Gasteiger partial charge in [-0.3, -0.25) is 9.69 Å². The third kappa shape index (κ3) is 2.87. The van der Waals surface area contributed by atoms with Gasteiger partial charge in [0.05, 0.1) is 18.6 Å². The summed E-state index contributed by atoms with van der Waals surface area (Å²) >= 11 is 0. The summed E-state index contributed by atoms with van der Waals surface area (Å²) in [5.74, 6) is 0.140. The third-order valence-corrected chi connectivity index (χ3v) is 3.11. The zero-order valence-corrected chi connectivity index (χ0v) is 10.7.